The molecule has 0 aliphatic carbocycles. The Labute approximate surface area is 137 Å². The first-order chi connectivity index (χ1) is 10.9. The van der Waals surface area contributed by atoms with Gasteiger partial charge in [0.15, 0.2) is 6.61 Å². The van der Waals surface area contributed by atoms with E-state index in [1.807, 2.05) is 0 Å². The second-order valence-corrected chi connectivity index (χ2v) is 5.52. The quantitative estimate of drug-likeness (QED) is 0.754. The van der Waals surface area contributed by atoms with E-state index in [1.54, 1.807) is 5.01 Å². The zero-order chi connectivity index (χ0) is 16.8. The van der Waals surface area contributed by atoms with Gasteiger partial charge in [0.05, 0.1) is 5.02 Å². The lowest BCUT2D eigenvalue weighted by Crippen LogP contribution is -2.51. The predicted molar refractivity (Wildman–Crippen MR) is 80.8 cm³/mol. The van der Waals surface area contributed by atoms with E-state index in [0.717, 1.165) is 6.07 Å². The molecule has 23 heavy (non-hydrogen) atoms. The van der Waals surface area contributed by atoms with Gasteiger partial charge < -0.3 is 15.2 Å². The van der Waals surface area contributed by atoms with Crippen LogP contribution in [0.25, 0.3) is 0 Å². The molecule has 1 heterocycles. The molecule has 0 radical (unpaired) electrons. The van der Waals surface area contributed by atoms with Crippen LogP contribution in [0, 0.1) is 5.82 Å². The fraction of sp³-hybridized carbons (Fsp3) is 0.429. The van der Waals surface area contributed by atoms with E-state index in [0.29, 0.717) is 25.9 Å². The monoisotopic (exact) mass is 345 g/mol. The van der Waals surface area contributed by atoms with Crippen LogP contribution in [0.4, 0.5) is 9.18 Å². The Hall–Kier alpha value is -2.06. The minimum absolute atomic E-state index is 0.0142. The zero-order valence-electron chi connectivity index (χ0n) is 12.2. The smallest absolute Gasteiger partial charge is 0.404 e. The highest BCUT2D eigenvalue weighted by Gasteiger charge is 2.21. The lowest BCUT2D eigenvalue weighted by molar-refractivity contribution is -0.128. The number of halogens is 2. The van der Waals surface area contributed by atoms with E-state index in [4.69, 9.17) is 21.4 Å². The molecule has 7 nitrogen and oxygen atoms in total. The lowest BCUT2D eigenvalue weighted by Gasteiger charge is -2.31. The van der Waals surface area contributed by atoms with Gasteiger partial charge in [0, 0.05) is 25.2 Å². The van der Waals surface area contributed by atoms with Crippen LogP contribution >= 0.6 is 11.6 Å². The van der Waals surface area contributed by atoms with Crippen molar-refractivity contribution in [3.63, 3.8) is 0 Å². The zero-order valence-corrected chi connectivity index (χ0v) is 13.0. The summed E-state index contributed by atoms with van der Waals surface area (Å²) in [4.78, 5) is 22.3. The Bertz CT molecular complexity index is 579. The Balaban J connectivity index is 1.71. The number of carbonyl (C=O) groups is 2. The maximum Gasteiger partial charge on any atom is 0.404 e. The molecule has 1 aliphatic rings. The minimum Gasteiger partial charge on any atom is -0.484 e. The van der Waals surface area contributed by atoms with Crippen LogP contribution in [0.5, 0.6) is 5.75 Å². The van der Waals surface area contributed by atoms with Gasteiger partial charge in [0.2, 0.25) is 0 Å². The third kappa shape index (κ3) is 5.57. The van der Waals surface area contributed by atoms with E-state index in [1.165, 1.54) is 12.1 Å². The first-order valence-corrected chi connectivity index (χ1v) is 7.43. The molecular formula is C14H17ClFN3O4. The van der Waals surface area contributed by atoms with Crippen molar-refractivity contribution in [1.29, 1.82) is 0 Å². The molecule has 2 rings (SSSR count). The van der Waals surface area contributed by atoms with Gasteiger partial charge in [-0.25, -0.2) is 14.2 Å². The fourth-order valence-corrected chi connectivity index (χ4v) is 2.35. The number of amides is 2. The molecule has 0 bridgehead atoms. The van der Waals surface area contributed by atoms with E-state index in [2.05, 4.69) is 10.7 Å². The predicted octanol–water partition coefficient (Wildman–Crippen LogP) is 1.62. The molecule has 0 aromatic heterocycles. The largest absolute Gasteiger partial charge is 0.484 e. The van der Waals surface area contributed by atoms with Crippen molar-refractivity contribution in [2.45, 2.75) is 18.9 Å². The maximum absolute atomic E-state index is 13.2. The number of ether oxygens (including phenoxy) is 1. The number of benzene rings is 1. The van der Waals surface area contributed by atoms with Crippen LogP contribution in [0.3, 0.4) is 0 Å². The number of nitrogens with zero attached hydrogens (tertiary/aromatic N) is 1. The number of hydrogen-bond donors (Lipinski definition) is 3. The van der Waals surface area contributed by atoms with Gasteiger partial charge in [-0.2, -0.15) is 0 Å². The molecule has 126 valence electrons. The molecule has 1 fully saturated rings. The summed E-state index contributed by atoms with van der Waals surface area (Å²) in [6.07, 6.45) is 0.169. The van der Waals surface area contributed by atoms with Crippen LogP contribution in [-0.4, -0.2) is 47.9 Å². The molecular weight excluding hydrogens is 329 g/mol. The molecule has 1 aliphatic heterocycles. The SMILES string of the molecule is O=C(O)NC1CCN(NC(=O)COc2ccc(Cl)c(F)c2)CC1. The maximum atomic E-state index is 13.2. The van der Waals surface area contributed by atoms with E-state index >= 15 is 0 Å². The van der Waals surface area contributed by atoms with Crippen molar-refractivity contribution < 1.29 is 23.8 Å². The molecule has 0 saturated carbocycles. The highest BCUT2D eigenvalue weighted by Crippen LogP contribution is 2.20. The molecule has 1 aromatic carbocycles. The standard InChI is InChI=1S/C14H17ClFN3O4/c15-11-2-1-10(7-12(11)16)23-8-13(20)18-19-5-3-9(4-6-19)17-14(21)22/h1-2,7,9,17H,3-6,8H2,(H,18,20)(H,21,22). The number of carboxylic acid groups (broad SMARTS) is 1. The number of hydrazine groups is 1. The van der Waals surface area contributed by atoms with E-state index in [9.17, 15) is 14.0 Å². The molecule has 2 amide bonds. The summed E-state index contributed by atoms with van der Waals surface area (Å²) in [6.45, 7) is 0.812. The summed E-state index contributed by atoms with van der Waals surface area (Å²) in [7, 11) is 0. The highest BCUT2D eigenvalue weighted by atomic mass is 35.5. The third-order valence-electron chi connectivity index (χ3n) is 3.37. The van der Waals surface area contributed by atoms with Crippen LogP contribution in [0.2, 0.25) is 5.02 Å². The van der Waals surface area contributed by atoms with Crippen molar-refractivity contribution in [2.24, 2.45) is 0 Å². The molecule has 3 N–H and O–H groups in total. The van der Waals surface area contributed by atoms with Gasteiger partial charge >= 0.3 is 6.09 Å². The van der Waals surface area contributed by atoms with Gasteiger partial charge in [-0.05, 0) is 25.0 Å². The third-order valence-corrected chi connectivity index (χ3v) is 3.67. The normalized spacial score (nSPS) is 15.9. The number of rotatable bonds is 5. The van der Waals surface area contributed by atoms with Gasteiger partial charge in [-0.15, -0.1) is 0 Å². The van der Waals surface area contributed by atoms with Gasteiger partial charge in [0.1, 0.15) is 11.6 Å². The van der Waals surface area contributed by atoms with Crippen molar-refractivity contribution in [2.75, 3.05) is 19.7 Å². The van der Waals surface area contributed by atoms with Crippen LogP contribution in [0.15, 0.2) is 18.2 Å². The molecule has 1 aromatic rings. The number of carbonyl (C=O) groups excluding carboxylic acids is 1. The van der Waals surface area contributed by atoms with Crippen LogP contribution < -0.4 is 15.5 Å². The second kappa shape index (κ2) is 7.98. The second-order valence-electron chi connectivity index (χ2n) is 5.11. The van der Waals surface area contributed by atoms with Crippen LogP contribution in [0.1, 0.15) is 12.8 Å². The fourth-order valence-electron chi connectivity index (χ4n) is 2.23. The number of hydrogen-bond acceptors (Lipinski definition) is 4. The summed E-state index contributed by atoms with van der Waals surface area (Å²) >= 11 is 5.56. The van der Waals surface area contributed by atoms with Gasteiger partial charge in [-0.3, -0.25) is 10.2 Å². The Morgan fingerprint density at radius 3 is 2.70 bits per heavy atom. The minimum atomic E-state index is -1.05. The van der Waals surface area contributed by atoms with Crippen molar-refractivity contribution in [3.8, 4) is 5.75 Å². The van der Waals surface area contributed by atoms with E-state index < -0.39 is 11.9 Å². The molecule has 0 spiro atoms. The Morgan fingerprint density at radius 2 is 2.09 bits per heavy atom. The Kier molecular flexibility index (Phi) is 6.00. The molecule has 1 saturated heterocycles. The highest BCUT2D eigenvalue weighted by molar-refractivity contribution is 6.30. The number of nitrogens with one attached hydrogen (secondary N) is 2. The van der Waals surface area contributed by atoms with Gasteiger partial charge in [0.25, 0.3) is 5.91 Å². The average Bonchev–Trinajstić information content (AvgIpc) is 2.50. The first-order valence-electron chi connectivity index (χ1n) is 7.06. The van der Waals surface area contributed by atoms with Crippen LogP contribution in [-0.2, 0) is 4.79 Å². The summed E-state index contributed by atoms with van der Waals surface area (Å²) < 4.78 is 18.4. The molecule has 0 unspecified atom stereocenters. The molecule has 0 atom stereocenters. The van der Waals surface area contributed by atoms with Crippen molar-refractivity contribution >= 4 is 23.6 Å². The average molecular weight is 346 g/mol. The number of piperidine rings is 1. The lowest BCUT2D eigenvalue weighted by atomic mass is 10.1. The summed E-state index contributed by atoms with van der Waals surface area (Å²) in [5.74, 6) is -0.769. The summed E-state index contributed by atoms with van der Waals surface area (Å²) in [5, 5.41) is 12.8. The first kappa shape index (κ1) is 17.3. The van der Waals surface area contributed by atoms with E-state index in [-0.39, 0.29) is 29.3 Å². The van der Waals surface area contributed by atoms with Crippen molar-refractivity contribution in [3.05, 3.63) is 29.0 Å². The van der Waals surface area contributed by atoms with Crippen molar-refractivity contribution in [1.82, 2.24) is 15.8 Å². The summed E-state index contributed by atoms with van der Waals surface area (Å²) in [6, 6.07) is 3.83. The Morgan fingerprint density at radius 1 is 1.39 bits per heavy atom. The summed E-state index contributed by atoms with van der Waals surface area (Å²) in [5.41, 5.74) is 2.66. The topological polar surface area (TPSA) is 90.9 Å². The van der Waals surface area contributed by atoms with Gasteiger partial charge in [-0.1, -0.05) is 11.6 Å². The molecule has 9 heteroatoms.